The smallest absolute Gasteiger partial charge is 0.262 e. The predicted octanol–water partition coefficient (Wildman–Crippen LogP) is 1.01. The minimum atomic E-state index is 0.317. The molecule has 0 aliphatic heterocycles. The Morgan fingerprint density at radius 1 is 1.89 bits per heavy atom. The Morgan fingerprint density at radius 3 is 3.11 bits per heavy atom. The van der Waals surface area contributed by atoms with Crippen LogP contribution in [-0.4, -0.2) is 9.30 Å². The molecule has 0 radical (unpaired) electrons. The summed E-state index contributed by atoms with van der Waals surface area (Å²) in [5.74, 6) is 0. The van der Waals surface area contributed by atoms with Gasteiger partial charge in [-0.2, -0.15) is 0 Å². The Kier molecular flexibility index (Phi) is 2.07. The van der Waals surface area contributed by atoms with Crippen LogP contribution in [0.25, 0.3) is 0 Å². The van der Waals surface area contributed by atoms with Gasteiger partial charge >= 0.3 is 0 Å². The van der Waals surface area contributed by atoms with E-state index in [1.165, 1.54) is 6.26 Å². The van der Waals surface area contributed by atoms with Crippen LogP contribution in [0.5, 0.6) is 0 Å². The van der Waals surface area contributed by atoms with Gasteiger partial charge in [0.1, 0.15) is 10.6 Å². The molecule has 0 bridgehead atoms. The number of rotatable bonds is 1. The fraction of sp³-hybridized carbons (Fsp3) is 0. The van der Waals surface area contributed by atoms with Crippen molar-refractivity contribution in [2.45, 2.75) is 5.22 Å². The maximum absolute atomic E-state index is 5.18. The first-order chi connectivity index (χ1) is 4.29. The van der Waals surface area contributed by atoms with E-state index in [1.54, 1.807) is 6.20 Å². The van der Waals surface area contributed by atoms with Crippen LogP contribution in [0.3, 0.4) is 0 Å². The van der Waals surface area contributed by atoms with Gasteiger partial charge in [0.15, 0.2) is 0 Å². The molecule has 1 heterocycles. The fourth-order valence-electron chi connectivity index (χ4n) is 0.347. The van der Waals surface area contributed by atoms with E-state index in [4.69, 9.17) is 10.2 Å². The van der Waals surface area contributed by atoms with Gasteiger partial charge in [-0.1, -0.05) is 12.2 Å². The van der Waals surface area contributed by atoms with Crippen molar-refractivity contribution >= 4 is 28.3 Å². The minimum Gasteiger partial charge on any atom is -0.440 e. The number of nitrogens with zero attached hydrogens (tertiary/aromatic N) is 1. The lowest BCUT2D eigenvalue weighted by molar-refractivity contribution is 0.455. The van der Waals surface area contributed by atoms with Gasteiger partial charge in [-0.15, -0.1) is 0 Å². The number of nitrogens with two attached hydrogens (primary N) is 1. The van der Waals surface area contributed by atoms with Crippen molar-refractivity contribution in [1.29, 1.82) is 0 Å². The first-order valence-electron chi connectivity index (χ1n) is 2.16. The molecule has 0 aliphatic rings. The highest BCUT2D eigenvalue weighted by Crippen LogP contribution is 2.13. The molecule has 0 saturated heterocycles. The van der Waals surface area contributed by atoms with Crippen molar-refractivity contribution in [1.82, 2.24) is 4.98 Å². The predicted molar refractivity (Wildman–Crippen MR) is 39.1 cm³/mol. The first kappa shape index (κ1) is 6.57. The summed E-state index contributed by atoms with van der Waals surface area (Å²) in [6.07, 6.45) is 3.02. The molecule has 1 aromatic rings. The summed E-state index contributed by atoms with van der Waals surface area (Å²) in [4.78, 5) is 3.79. The molecular weight excluding hydrogens is 156 g/mol. The number of thiocarbonyl (C=S) groups is 1. The monoisotopic (exact) mass is 160 g/mol. The van der Waals surface area contributed by atoms with Crippen molar-refractivity contribution < 1.29 is 4.42 Å². The van der Waals surface area contributed by atoms with Crippen LogP contribution in [0, 0.1) is 0 Å². The van der Waals surface area contributed by atoms with Crippen LogP contribution < -0.4 is 5.73 Å². The summed E-state index contributed by atoms with van der Waals surface area (Å²) in [5.41, 5.74) is 5.18. The van der Waals surface area contributed by atoms with Crippen LogP contribution in [0.1, 0.15) is 0 Å². The molecule has 1 aromatic heterocycles. The Hall–Kier alpha value is -0.550. The van der Waals surface area contributed by atoms with E-state index in [1.807, 2.05) is 0 Å². The maximum atomic E-state index is 5.18. The quantitative estimate of drug-likeness (QED) is 0.491. The van der Waals surface area contributed by atoms with Crippen molar-refractivity contribution in [2.75, 3.05) is 0 Å². The number of hydrogen-bond acceptors (Lipinski definition) is 4. The van der Waals surface area contributed by atoms with E-state index in [-0.39, 0.29) is 0 Å². The van der Waals surface area contributed by atoms with E-state index < -0.39 is 0 Å². The van der Waals surface area contributed by atoms with Crippen LogP contribution in [0.4, 0.5) is 0 Å². The SMILES string of the molecule is NC(=S)Sc1ncco1. The van der Waals surface area contributed by atoms with E-state index in [0.29, 0.717) is 9.54 Å². The zero-order valence-corrected chi connectivity index (χ0v) is 6.04. The number of hydrogen-bond donors (Lipinski definition) is 1. The van der Waals surface area contributed by atoms with Crippen molar-refractivity contribution in [3.8, 4) is 0 Å². The molecule has 1 rings (SSSR count). The van der Waals surface area contributed by atoms with Crippen molar-refractivity contribution in [3.63, 3.8) is 0 Å². The Labute approximate surface area is 61.6 Å². The number of aromatic nitrogens is 1. The molecule has 0 fully saturated rings. The second-order valence-electron chi connectivity index (χ2n) is 1.22. The zero-order valence-electron chi connectivity index (χ0n) is 4.40. The fourth-order valence-corrected chi connectivity index (χ4v) is 0.950. The van der Waals surface area contributed by atoms with Gasteiger partial charge in [-0.25, -0.2) is 4.98 Å². The van der Waals surface area contributed by atoms with E-state index in [0.717, 1.165) is 11.8 Å². The summed E-state index contributed by atoms with van der Waals surface area (Å²) >= 11 is 5.72. The zero-order chi connectivity index (χ0) is 6.69. The average Bonchev–Trinajstić information content (AvgIpc) is 2.15. The molecule has 2 N–H and O–H groups in total. The highest BCUT2D eigenvalue weighted by Gasteiger charge is 1.97. The maximum Gasteiger partial charge on any atom is 0.262 e. The second kappa shape index (κ2) is 2.84. The summed E-state index contributed by atoms with van der Waals surface area (Å²) in [5, 5.41) is 0.488. The third-order valence-electron chi connectivity index (χ3n) is 0.598. The van der Waals surface area contributed by atoms with Gasteiger partial charge in [0.05, 0.1) is 6.20 Å². The van der Waals surface area contributed by atoms with Gasteiger partial charge in [0.2, 0.25) is 0 Å². The Balaban J connectivity index is 2.58. The normalized spacial score (nSPS) is 9.33. The van der Waals surface area contributed by atoms with Gasteiger partial charge in [-0.05, 0) is 11.8 Å². The first-order valence-corrected chi connectivity index (χ1v) is 3.38. The van der Waals surface area contributed by atoms with E-state index in [9.17, 15) is 0 Å². The van der Waals surface area contributed by atoms with Crippen molar-refractivity contribution in [3.05, 3.63) is 12.5 Å². The van der Waals surface area contributed by atoms with Crippen LogP contribution in [0.2, 0.25) is 0 Å². The molecule has 48 valence electrons. The molecule has 0 spiro atoms. The highest BCUT2D eigenvalue weighted by molar-refractivity contribution is 8.22. The topological polar surface area (TPSA) is 52.0 Å². The lowest BCUT2D eigenvalue weighted by Crippen LogP contribution is -2.00. The van der Waals surface area contributed by atoms with Crippen LogP contribution in [-0.2, 0) is 0 Å². The number of oxazole rings is 1. The van der Waals surface area contributed by atoms with Gasteiger partial charge in [0.25, 0.3) is 5.22 Å². The molecule has 0 unspecified atom stereocenters. The summed E-state index contributed by atoms with van der Waals surface area (Å²) in [7, 11) is 0. The third-order valence-corrected chi connectivity index (χ3v) is 1.43. The third kappa shape index (κ3) is 2.03. The molecule has 3 nitrogen and oxygen atoms in total. The molecule has 0 amide bonds. The highest BCUT2D eigenvalue weighted by atomic mass is 32.2. The van der Waals surface area contributed by atoms with Gasteiger partial charge in [0, 0.05) is 0 Å². The van der Waals surface area contributed by atoms with Crippen molar-refractivity contribution in [2.24, 2.45) is 5.73 Å². The summed E-state index contributed by atoms with van der Waals surface area (Å²) in [6, 6.07) is 0. The van der Waals surface area contributed by atoms with Crippen LogP contribution >= 0.6 is 24.0 Å². The molecule has 0 atom stereocenters. The average molecular weight is 160 g/mol. The minimum absolute atomic E-state index is 0.317. The molecule has 0 saturated carbocycles. The summed E-state index contributed by atoms with van der Waals surface area (Å²) in [6.45, 7) is 0. The number of thioether (sulfide) groups is 1. The summed E-state index contributed by atoms with van der Waals surface area (Å²) < 4.78 is 5.15. The molecule has 0 aliphatic carbocycles. The molecular formula is C4H4N2OS2. The van der Waals surface area contributed by atoms with E-state index in [2.05, 4.69) is 17.2 Å². The molecule has 9 heavy (non-hydrogen) atoms. The molecule has 5 heteroatoms. The standard InChI is InChI=1S/C4H4N2OS2/c5-3(8)9-4-6-1-2-7-4/h1-2H,(H2,5,8). The molecule has 0 aromatic carbocycles. The Morgan fingerprint density at radius 2 is 2.67 bits per heavy atom. The van der Waals surface area contributed by atoms with E-state index >= 15 is 0 Å². The lowest BCUT2D eigenvalue weighted by Gasteiger charge is -1.86. The largest absolute Gasteiger partial charge is 0.440 e. The second-order valence-corrected chi connectivity index (χ2v) is 2.91. The van der Waals surface area contributed by atoms with Gasteiger partial charge < -0.3 is 10.2 Å². The lowest BCUT2D eigenvalue weighted by atomic mass is 11.0. The van der Waals surface area contributed by atoms with Crippen LogP contribution in [0.15, 0.2) is 22.1 Å². The van der Waals surface area contributed by atoms with Gasteiger partial charge in [-0.3, -0.25) is 0 Å². The Bertz CT molecular complexity index is 196.